The number of carbonyl (C=O) groups excluding carboxylic acids is 1. The van der Waals surface area contributed by atoms with Gasteiger partial charge in [0.15, 0.2) is 0 Å². The van der Waals surface area contributed by atoms with Crippen molar-refractivity contribution in [2.45, 2.75) is 63.4 Å². The SMILES string of the molecule is Cc1ccccc1CN1CC[C@@]2(C[C@@H](NC(=O)C3CC3)CCO2)C1.O=C(O)C(F)(F)F. The van der Waals surface area contributed by atoms with Gasteiger partial charge in [-0.2, -0.15) is 13.2 Å². The van der Waals surface area contributed by atoms with E-state index in [0.717, 1.165) is 58.3 Å². The van der Waals surface area contributed by atoms with Gasteiger partial charge in [-0.15, -0.1) is 0 Å². The van der Waals surface area contributed by atoms with Gasteiger partial charge >= 0.3 is 12.1 Å². The minimum Gasteiger partial charge on any atom is -0.475 e. The molecule has 0 radical (unpaired) electrons. The molecule has 2 heterocycles. The molecule has 0 bridgehead atoms. The third kappa shape index (κ3) is 6.67. The van der Waals surface area contributed by atoms with Crippen LogP contribution in [-0.4, -0.2) is 59.4 Å². The molecule has 1 aliphatic carbocycles. The molecule has 1 saturated carbocycles. The summed E-state index contributed by atoms with van der Waals surface area (Å²) in [5.74, 6) is -2.19. The number of carboxylic acids is 1. The van der Waals surface area contributed by atoms with E-state index in [1.807, 2.05) is 0 Å². The van der Waals surface area contributed by atoms with Crippen LogP contribution in [-0.2, 0) is 20.9 Å². The molecule has 1 aromatic rings. The van der Waals surface area contributed by atoms with Crippen molar-refractivity contribution in [3.63, 3.8) is 0 Å². The normalized spacial score (nSPS) is 26.3. The van der Waals surface area contributed by atoms with E-state index in [2.05, 4.69) is 41.4 Å². The number of ether oxygens (including phenoxy) is 1. The Balaban J connectivity index is 0.000000339. The Kier molecular flexibility index (Phi) is 7.26. The van der Waals surface area contributed by atoms with E-state index in [-0.39, 0.29) is 11.5 Å². The maximum atomic E-state index is 12.1. The lowest BCUT2D eigenvalue weighted by atomic mass is 9.89. The number of carboxylic acid groups (broad SMARTS) is 1. The summed E-state index contributed by atoms with van der Waals surface area (Å²) in [5, 5.41) is 10.4. The fourth-order valence-electron chi connectivity index (χ4n) is 4.19. The van der Waals surface area contributed by atoms with Crippen LogP contribution in [0, 0.1) is 12.8 Å². The number of hydrogen-bond donors (Lipinski definition) is 2. The molecule has 31 heavy (non-hydrogen) atoms. The van der Waals surface area contributed by atoms with E-state index in [1.165, 1.54) is 11.1 Å². The van der Waals surface area contributed by atoms with E-state index in [9.17, 15) is 18.0 Å². The maximum Gasteiger partial charge on any atom is 0.490 e. The standard InChI is InChI=1S/C20H28N2O2.C2HF3O2/c1-15-4-2-3-5-17(15)13-22-10-9-20(14-22)12-18(8-11-24-20)21-19(23)16-6-7-16;3-2(4,5)1(6)7/h2-5,16,18H,6-14H2,1H3,(H,21,23);(H,6,7)/t18-,20+;/m0./s1. The maximum absolute atomic E-state index is 12.1. The van der Waals surface area contributed by atoms with Crippen molar-refractivity contribution in [3.05, 3.63) is 35.4 Å². The number of nitrogens with one attached hydrogen (secondary N) is 1. The van der Waals surface area contributed by atoms with Crippen LogP contribution in [0.5, 0.6) is 0 Å². The number of hydrogen-bond acceptors (Lipinski definition) is 4. The monoisotopic (exact) mass is 442 g/mol. The predicted molar refractivity (Wildman–Crippen MR) is 107 cm³/mol. The fourth-order valence-corrected chi connectivity index (χ4v) is 4.19. The quantitative estimate of drug-likeness (QED) is 0.748. The molecule has 2 atom stereocenters. The number of amides is 1. The van der Waals surface area contributed by atoms with E-state index in [0.29, 0.717) is 12.0 Å². The predicted octanol–water partition coefficient (Wildman–Crippen LogP) is 3.28. The molecule has 2 saturated heterocycles. The first kappa shape index (κ1) is 23.5. The Morgan fingerprint density at radius 1 is 1.26 bits per heavy atom. The number of aliphatic carboxylic acids is 1. The van der Waals surface area contributed by atoms with Crippen LogP contribution in [0.2, 0.25) is 0 Å². The van der Waals surface area contributed by atoms with Crippen LogP contribution in [0.4, 0.5) is 13.2 Å². The Labute approximate surface area is 179 Å². The molecule has 6 nitrogen and oxygen atoms in total. The van der Waals surface area contributed by atoms with Gasteiger partial charge in [0.1, 0.15) is 0 Å². The van der Waals surface area contributed by atoms with Gasteiger partial charge in [0, 0.05) is 38.2 Å². The Morgan fingerprint density at radius 3 is 2.55 bits per heavy atom. The van der Waals surface area contributed by atoms with Gasteiger partial charge < -0.3 is 15.2 Å². The second kappa shape index (κ2) is 9.56. The Bertz CT molecular complexity index is 797. The Morgan fingerprint density at radius 2 is 1.94 bits per heavy atom. The molecule has 1 spiro atoms. The van der Waals surface area contributed by atoms with E-state index >= 15 is 0 Å². The number of nitrogens with zero attached hydrogens (tertiary/aromatic N) is 1. The second-order valence-corrected chi connectivity index (χ2v) is 8.69. The summed E-state index contributed by atoms with van der Waals surface area (Å²) >= 11 is 0. The van der Waals surface area contributed by atoms with Gasteiger partial charge in [-0.05, 0) is 50.2 Å². The number of halogens is 3. The van der Waals surface area contributed by atoms with Gasteiger partial charge in [-0.25, -0.2) is 4.79 Å². The molecule has 4 rings (SSSR count). The summed E-state index contributed by atoms with van der Waals surface area (Å²) in [5.41, 5.74) is 2.71. The zero-order valence-electron chi connectivity index (χ0n) is 17.6. The molecular formula is C22H29F3N2O4. The van der Waals surface area contributed by atoms with Crippen molar-refractivity contribution in [2.24, 2.45) is 5.92 Å². The first-order valence-electron chi connectivity index (χ1n) is 10.6. The topological polar surface area (TPSA) is 78.9 Å². The van der Waals surface area contributed by atoms with Gasteiger partial charge in [0.25, 0.3) is 0 Å². The molecule has 2 aliphatic heterocycles. The first-order chi connectivity index (χ1) is 14.6. The van der Waals surface area contributed by atoms with Crippen LogP contribution < -0.4 is 5.32 Å². The van der Waals surface area contributed by atoms with Gasteiger partial charge in [0.2, 0.25) is 5.91 Å². The largest absolute Gasteiger partial charge is 0.490 e. The third-order valence-corrected chi connectivity index (χ3v) is 6.08. The average Bonchev–Trinajstić information content (AvgIpc) is 3.48. The lowest BCUT2D eigenvalue weighted by Crippen LogP contribution is -2.50. The van der Waals surface area contributed by atoms with Crippen LogP contribution in [0.25, 0.3) is 0 Å². The van der Waals surface area contributed by atoms with E-state index in [4.69, 9.17) is 14.6 Å². The van der Waals surface area contributed by atoms with Crippen molar-refractivity contribution in [1.29, 1.82) is 0 Å². The van der Waals surface area contributed by atoms with E-state index < -0.39 is 12.1 Å². The van der Waals surface area contributed by atoms with Crippen LogP contribution in [0.1, 0.15) is 43.2 Å². The summed E-state index contributed by atoms with van der Waals surface area (Å²) in [6.07, 6.45) is 0.0667. The van der Waals surface area contributed by atoms with Crippen molar-refractivity contribution >= 4 is 11.9 Å². The minimum atomic E-state index is -5.08. The molecule has 1 amide bonds. The molecule has 3 fully saturated rings. The second-order valence-electron chi connectivity index (χ2n) is 8.69. The van der Waals surface area contributed by atoms with Crippen molar-refractivity contribution in [1.82, 2.24) is 10.2 Å². The first-order valence-corrected chi connectivity index (χ1v) is 10.6. The summed E-state index contributed by atoms with van der Waals surface area (Å²) in [6.45, 7) is 6.02. The van der Waals surface area contributed by atoms with Gasteiger partial charge in [0.05, 0.1) is 5.60 Å². The summed E-state index contributed by atoms with van der Waals surface area (Å²) in [7, 11) is 0. The minimum absolute atomic E-state index is 0.0531. The molecule has 0 aromatic heterocycles. The number of benzene rings is 1. The third-order valence-electron chi connectivity index (χ3n) is 6.08. The molecule has 3 aliphatic rings. The zero-order valence-corrected chi connectivity index (χ0v) is 17.6. The van der Waals surface area contributed by atoms with E-state index in [1.54, 1.807) is 0 Å². The number of alkyl halides is 3. The van der Waals surface area contributed by atoms with Crippen LogP contribution >= 0.6 is 0 Å². The highest BCUT2D eigenvalue weighted by Gasteiger charge is 2.44. The smallest absolute Gasteiger partial charge is 0.475 e. The Hall–Kier alpha value is -2.13. The van der Waals surface area contributed by atoms with Gasteiger partial charge in [-0.3, -0.25) is 9.69 Å². The molecule has 2 N–H and O–H groups in total. The number of aryl methyl sites for hydroxylation is 1. The van der Waals surface area contributed by atoms with Crippen LogP contribution in [0.3, 0.4) is 0 Å². The highest BCUT2D eigenvalue weighted by Crippen LogP contribution is 2.36. The molecular weight excluding hydrogens is 413 g/mol. The lowest BCUT2D eigenvalue weighted by Gasteiger charge is -2.38. The summed E-state index contributed by atoms with van der Waals surface area (Å²) in [4.78, 5) is 23.5. The summed E-state index contributed by atoms with van der Waals surface area (Å²) < 4.78 is 38.0. The van der Waals surface area contributed by atoms with Crippen molar-refractivity contribution in [2.75, 3.05) is 19.7 Å². The molecule has 172 valence electrons. The fraction of sp³-hybridized carbons (Fsp3) is 0.636. The number of rotatable bonds is 4. The lowest BCUT2D eigenvalue weighted by molar-refractivity contribution is -0.192. The van der Waals surface area contributed by atoms with Crippen molar-refractivity contribution < 1.29 is 32.6 Å². The summed E-state index contributed by atoms with van der Waals surface area (Å²) in [6, 6.07) is 8.92. The van der Waals surface area contributed by atoms with Gasteiger partial charge in [-0.1, -0.05) is 24.3 Å². The molecule has 9 heteroatoms. The average molecular weight is 442 g/mol. The molecule has 1 aromatic carbocycles. The highest BCUT2D eigenvalue weighted by atomic mass is 19.4. The van der Waals surface area contributed by atoms with Crippen molar-refractivity contribution in [3.8, 4) is 0 Å². The molecule has 0 unspecified atom stereocenters. The zero-order chi connectivity index (χ0) is 22.6. The number of likely N-dealkylation sites (tertiary alicyclic amines) is 1. The van der Waals surface area contributed by atoms with Crippen LogP contribution in [0.15, 0.2) is 24.3 Å². The number of carbonyl (C=O) groups is 2. The highest BCUT2D eigenvalue weighted by molar-refractivity contribution is 5.81.